The maximum atomic E-state index is 12.2. The van der Waals surface area contributed by atoms with Gasteiger partial charge in [0, 0.05) is 19.0 Å². The van der Waals surface area contributed by atoms with Crippen LogP contribution >= 0.6 is 23.3 Å². The zero-order chi connectivity index (χ0) is 14.9. The van der Waals surface area contributed by atoms with Gasteiger partial charge in [-0.1, -0.05) is 17.8 Å². The first-order valence-corrected chi connectivity index (χ1v) is 8.64. The molecule has 20 heavy (non-hydrogen) atoms. The van der Waals surface area contributed by atoms with Crippen molar-refractivity contribution in [2.75, 3.05) is 19.8 Å². The van der Waals surface area contributed by atoms with Crippen LogP contribution in [-0.2, 0) is 10.0 Å². The van der Waals surface area contributed by atoms with Crippen LogP contribution in [0.3, 0.4) is 0 Å². The molecule has 1 heterocycles. The summed E-state index contributed by atoms with van der Waals surface area (Å²) in [6.07, 6.45) is 0. The lowest BCUT2D eigenvalue weighted by Gasteiger charge is -2.14. The predicted molar refractivity (Wildman–Crippen MR) is 80.5 cm³/mol. The van der Waals surface area contributed by atoms with Gasteiger partial charge in [-0.05, 0) is 30.6 Å². The Morgan fingerprint density at radius 1 is 1.35 bits per heavy atom. The van der Waals surface area contributed by atoms with Crippen molar-refractivity contribution in [2.45, 2.75) is 21.1 Å². The molecular weight excluding hydrogens is 316 g/mol. The van der Waals surface area contributed by atoms with E-state index in [2.05, 4.69) is 9.36 Å². The first-order chi connectivity index (χ1) is 9.32. The van der Waals surface area contributed by atoms with E-state index in [1.165, 1.54) is 43.5 Å². The number of nitrogens with zero attached hydrogens (tertiary/aromatic N) is 3. The third-order valence-electron chi connectivity index (χ3n) is 2.49. The molecule has 0 atom stereocenters. The molecule has 1 aromatic heterocycles. The summed E-state index contributed by atoms with van der Waals surface area (Å²) in [7, 11) is -0.605. The minimum absolute atomic E-state index is 0.105. The summed E-state index contributed by atoms with van der Waals surface area (Å²) in [5, 5.41) is 0. The van der Waals surface area contributed by atoms with Crippen LogP contribution in [0.1, 0.15) is 5.82 Å². The fourth-order valence-electron chi connectivity index (χ4n) is 1.45. The van der Waals surface area contributed by atoms with Crippen molar-refractivity contribution in [1.82, 2.24) is 13.7 Å². The van der Waals surface area contributed by atoms with Gasteiger partial charge in [0.15, 0.2) is 4.34 Å². The van der Waals surface area contributed by atoms with Crippen molar-refractivity contribution >= 4 is 39.0 Å². The second kappa shape index (κ2) is 5.68. The van der Waals surface area contributed by atoms with E-state index in [-0.39, 0.29) is 10.6 Å². The zero-order valence-electron chi connectivity index (χ0n) is 11.2. The van der Waals surface area contributed by atoms with E-state index < -0.39 is 10.0 Å². The number of aryl methyl sites for hydroxylation is 1. The van der Waals surface area contributed by atoms with Gasteiger partial charge in [0.1, 0.15) is 10.7 Å². The molecule has 6 nitrogen and oxygen atoms in total. The highest BCUT2D eigenvalue weighted by molar-refractivity contribution is 8.01. The Hall–Kier alpha value is -1.16. The third kappa shape index (κ3) is 2.95. The van der Waals surface area contributed by atoms with E-state index in [0.29, 0.717) is 10.7 Å². The lowest BCUT2D eigenvalue weighted by Crippen LogP contribution is -2.23. The summed E-state index contributed by atoms with van der Waals surface area (Å²) in [5.74, 6) is 0.688. The first-order valence-electron chi connectivity index (χ1n) is 5.61. The van der Waals surface area contributed by atoms with Crippen LogP contribution < -0.4 is 5.73 Å². The van der Waals surface area contributed by atoms with Crippen molar-refractivity contribution in [3.8, 4) is 0 Å². The van der Waals surface area contributed by atoms with Gasteiger partial charge in [-0.3, -0.25) is 0 Å². The van der Waals surface area contributed by atoms with Crippen molar-refractivity contribution in [3.05, 3.63) is 24.0 Å². The van der Waals surface area contributed by atoms with Gasteiger partial charge in [0.25, 0.3) is 0 Å². The van der Waals surface area contributed by atoms with Gasteiger partial charge >= 0.3 is 0 Å². The Morgan fingerprint density at radius 2 is 2.05 bits per heavy atom. The van der Waals surface area contributed by atoms with Crippen LogP contribution in [0.15, 0.2) is 32.3 Å². The van der Waals surface area contributed by atoms with E-state index in [9.17, 15) is 8.42 Å². The van der Waals surface area contributed by atoms with Crippen LogP contribution in [0.4, 0.5) is 5.69 Å². The van der Waals surface area contributed by atoms with E-state index in [0.717, 1.165) is 8.64 Å². The molecule has 2 N–H and O–H groups in total. The molecule has 0 bridgehead atoms. The highest BCUT2D eigenvalue weighted by Crippen LogP contribution is 2.36. The molecule has 0 fully saturated rings. The Morgan fingerprint density at radius 3 is 2.60 bits per heavy atom. The molecule has 0 aliphatic rings. The third-order valence-corrected chi connectivity index (χ3v) is 6.28. The number of hydrogen-bond acceptors (Lipinski definition) is 7. The molecule has 0 radical (unpaired) electrons. The molecule has 0 saturated heterocycles. The average molecular weight is 330 g/mol. The van der Waals surface area contributed by atoms with Gasteiger partial charge in [0.2, 0.25) is 10.0 Å². The Balaban J connectivity index is 2.42. The molecule has 1 aromatic carbocycles. The van der Waals surface area contributed by atoms with Crippen LogP contribution in [0.5, 0.6) is 0 Å². The number of rotatable bonds is 4. The highest BCUT2D eigenvalue weighted by atomic mass is 32.2. The average Bonchev–Trinajstić information content (AvgIpc) is 2.77. The molecule has 0 spiro atoms. The van der Waals surface area contributed by atoms with Crippen molar-refractivity contribution < 1.29 is 8.42 Å². The fourth-order valence-corrected chi connectivity index (χ4v) is 4.23. The van der Waals surface area contributed by atoms with Crippen LogP contribution in [-0.4, -0.2) is 36.2 Å². The van der Waals surface area contributed by atoms with Gasteiger partial charge in [0.05, 0.1) is 5.69 Å². The van der Waals surface area contributed by atoms with Gasteiger partial charge in [-0.2, -0.15) is 4.37 Å². The van der Waals surface area contributed by atoms with E-state index in [4.69, 9.17) is 5.73 Å². The van der Waals surface area contributed by atoms with Crippen LogP contribution in [0.25, 0.3) is 0 Å². The predicted octanol–water partition coefficient (Wildman–Crippen LogP) is 1.83. The lowest BCUT2D eigenvalue weighted by molar-refractivity contribution is 0.521. The summed E-state index contributed by atoms with van der Waals surface area (Å²) < 4.78 is 30.3. The van der Waals surface area contributed by atoms with Gasteiger partial charge < -0.3 is 5.73 Å². The van der Waals surface area contributed by atoms with Gasteiger partial charge in [-0.25, -0.2) is 17.7 Å². The standard InChI is InChI=1S/C11H14N4O2S3/c1-7-13-11(19-14-7)18-8-5-4-6-9(10(8)12)20(16,17)15(2)3/h4-6H,12H2,1-3H3. The zero-order valence-corrected chi connectivity index (χ0v) is 13.6. The van der Waals surface area contributed by atoms with Crippen LogP contribution in [0, 0.1) is 6.92 Å². The topological polar surface area (TPSA) is 89.2 Å². The molecule has 0 amide bonds. The number of sulfonamides is 1. The Bertz CT molecular complexity index is 725. The first kappa shape index (κ1) is 15.2. The number of nitrogen functional groups attached to an aromatic ring is 1. The summed E-state index contributed by atoms with van der Waals surface area (Å²) in [4.78, 5) is 4.99. The minimum Gasteiger partial charge on any atom is -0.397 e. The molecule has 108 valence electrons. The maximum absolute atomic E-state index is 12.2. The number of nitrogens with two attached hydrogens (primary N) is 1. The second-order valence-corrected chi connectivity index (χ2v) is 8.33. The number of aromatic nitrogens is 2. The lowest BCUT2D eigenvalue weighted by atomic mass is 10.3. The summed E-state index contributed by atoms with van der Waals surface area (Å²) in [6.45, 7) is 1.80. The molecule has 9 heteroatoms. The smallest absolute Gasteiger partial charge is 0.244 e. The molecule has 2 aromatic rings. The number of benzene rings is 1. The fraction of sp³-hybridized carbons (Fsp3) is 0.273. The normalized spacial score (nSPS) is 12.0. The molecule has 0 aliphatic heterocycles. The number of para-hydroxylation sites is 1. The van der Waals surface area contributed by atoms with Crippen molar-refractivity contribution in [1.29, 1.82) is 0 Å². The summed E-state index contributed by atoms with van der Waals surface area (Å²) in [5.41, 5.74) is 6.23. The quantitative estimate of drug-likeness (QED) is 0.860. The molecule has 0 unspecified atom stereocenters. The summed E-state index contributed by atoms with van der Waals surface area (Å²) >= 11 is 2.57. The maximum Gasteiger partial charge on any atom is 0.244 e. The molecule has 0 saturated carbocycles. The van der Waals surface area contributed by atoms with Crippen molar-refractivity contribution in [2.24, 2.45) is 0 Å². The minimum atomic E-state index is -3.55. The van der Waals surface area contributed by atoms with Gasteiger partial charge in [-0.15, -0.1) is 0 Å². The monoisotopic (exact) mass is 330 g/mol. The number of hydrogen-bond donors (Lipinski definition) is 1. The van der Waals surface area contributed by atoms with E-state index in [1.807, 2.05) is 0 Å². The highest BCUT2D eigenvalue weighted by Gasteiger charge is 2.22. The SMILES string of the molecule is Cc1nsc(Sc2cccc(S(=O)(=O)N(C)C)c2N)n1. The second-order valence-electron chi connectivity index (χ2n) is 4.16. The van der Waals surface area contributed by atoms with Crippen molar-refractivity contribution in [3.63, 3.8) is 0 Å². The Kier molecular flexibility index (Phi) is 4.33. The van der Waals surface area contributed by atoms with Crippen LogP contribution in [0.2, 0.25) is 0 Å². The number of anilines is 1. The molecular formula is C11H14N4O2S3. The molecule has 2 rings (SSSR count). The summed E-state index contributed by atoms with van der Waals surface area (Å²) in [6, 6.07) is 4.94. The van der Waals surface area contributed by atoms with E-state index >= 15 is 0 Å². The largest absolute Gasteiger partial charge is 0.397 e. The Labute approximate surface area is 126 Å². The molecule has 0 aliphatic carbocycles. The van der Waals surface area contributed by atoms with E-state index in [1.54, 1.807) is 19.1 Å².